The third kappa shape index (κ3) is 1.52. The molecule has 3 N–H and O–H groups in total. The Bertz CT molecular complexity index is 457. The second-order valence-corrected chi connectivity index (χ2v) is 3.78. The lowest BCUT2D eigenvalue weighted by Crippen LogP contribution is -2.03. The van der Waals surface area contributed by atoms with Crippen molar-refractivity contribution in [3.8, 4) is 0 Å². The summed E-state index contributed by atoms with van der Waals surface area (Å²) >= 11 is 3.27. The number of nitrogens with one attached hydrogen (secondary N) is 1. The standard InChI is InChI=1S/C8H8BrN3O2/c9-4-1-5-7(6(14)3-13)11-12-8(5)10-2-4/h1-2,6,13-14H,3H2,(H,10,11,12). The molecule has 2 aromatic rings. The number of halogens is 1. The number of rotatable bonds is 2. The number of pyridine rings is 1. The van der Waals surface area contributed by atoms with Crippen LogP contribution in [0.4, 0.5) is 0 Å². The van der Waals surface area contributed by atoms with Gasteiger partial charge in [0.05, 0.1) is 12.3 Å². The van der Waals surface area contributed by atoms with Gasteiger partial charge in [-0.2, -0.15) is 5.10 Å². The predicted molar refractivity (Wildman–Crippen MR) is 53.6 cm³/mol. The molecule has 5 nitrogen and oxygen atoms in total. The zero-order chi connectivity index (χ0) is 10.1. The largest absolute Gasteiger partial charge is 0.393 e. The first-order chi connectivity index (χ1) is 6.72. The average molecular weight is 258 g/mol. The van der Waals surface area contributed by atoms with E-state index in [1.807, 2.05) is 0 Å². The van der Waals surface area contributed by atoms with Gasteiger partial charge in [-0.05, 0) is 22.0 Å². The Hall–Kier alpha value is -0.980. The molecule has 0 radical (unpaired) electrons. The van der Waals surface area contributed by atoms with Gasteiger partial charge >= 0.3 is 0 Å². The van der Waals surface area contributed by atoms with Gasteiger partial charge in [-0.25, -0.2) is 4.98 Å². The highest BCUT2D eigenvalue weighted by atomic mass is 79.9. The molecule has 74 valence electrons. The van der Waals surface area contributed by atoms with E-state index >= 15 is 0 Å². The summed E-state index contributed by atoms with van der Waals surface area (Å²) in [5.41, 5.74) is 1.01. The summed E-state index contributed by atoms with van der Waals surface area (Å²) in [5.74, 6) is 0. The molecule has 14 heavy (non-hydrogen) atoms. The molecule has 1 atom stereocenters. The quantitative estimate of drug-likeness (QED) is 0.742. The summed E-state index contributed by atoms with van der Waals surface area (Å²) in [6.07, 6.45) is 0.675. The highest BCUT2D eigenvalue weighted by Gasteiger charge is 2.13. The minimum absolute atomic E-state index is 0.343. The fourth-order valence-corrected chi connectivity index (χ4v) is 1.57. The normalized spacial score (nSPS) is 13.4. The SMILES string of the molecule is OCC(O)c1[nH]nc2ncc(Br)cc12. The smallest absolute Gasteiger partial charge is 0.181 e. The second kappa shape index (κ2) is 3.64. The number of aliphatic hydroxyl groups is 2. The lowest BCUT2D eigenvalue weighted by Gasteiger charge is -2.03. The van der Waals surface area contributed by atoms with Crippen molar-refractivity contribution in [2.24, 2.45) is 0 Å². The summed E-state index contributed by atoms with van der Waals surface area (Å²) in [6, 6.07) is 1.79. The average Bonchev–Trinajstić information content (AvgIpc) is 2.59. The number of H-pyrrole nitrogens is 1. The number of fused-ring (bicyclic) bond motifs is 1. The van der Waals surface area contributed by atoms with Crippen molar-refractivity contribution in [1.82, 2.24) is 15.2 Å². The van der Waals surface area contributed by atoms with Gasteiger partial charge in [0.25, 0.3) is 0 Å². The Labute approximate surface area is 87.9 Å². The zero-order valence-electron chi connectivity index (χ0n) is 7.11. The zero-order valence-corrected chi connectivity index (χ0v) is 8.69. The first-order valence-corrected chi connectivity index (χ1v) is 4.80. The molecule has 2 aromatic heterocycles. The van der Waals surface area contributed by atoms with Crippen LogP contribution in [-0.4, -0.2) is 32.0 Å². The van der Waals surface area contributed by atoms with Crippen LogP contribution in [-0.2, 0) is 0 Å². The Morgan fingerprint density at radius 1 is 1.57 bits per heavy atom. The van der Waals surface area contributed by atoms with Crippen LogP contribution in [0.15, 0.2) is 16.7 Å². The molecule has 0 amide bonds. The van der Waals surface area contributed by atoms with Gasteiger partial charge in [-0.1, -0.05) is 0 Å². The molecular formula is C8H8BrN3O2. The number of aromatic amines is 1. The van der Waals surface area contributed by atoms with Gasteiger partial charge in [0, 0.05) is 16.1 Å². The van der Waals surface area contributed by atoms with E-state index in [0.29, 0.717) is 16.7 Å². The van der Waals surface area contributed by atoms with Crippen molar-refractivity contribution in [3.63, 3.8) is 0 Å². The molecule has 2 heterocycles. The second-order valence-electron chi connectivity index (χ2n) is 2.86. The molecule has 2 rings (SSSR count). The molecule has 6 heteroatoms. The molecule has 0 saturated heterocycles. The number of nitrogens with zero attached hydrogens (tertiary/aromatic N) is 2. The Morgan fingerprint density at radius 3 is 3.07 bits per heavy atom. The summed E-state index contributed by atoms with van der Waals surface area (Å²) in [5, 5.41) is 25.5. The predicted octanol–water partition coefficient (Wildman–Crippen LogP) is 0.746. The summed E-state index contributed by atoms with van der Waals surface area (Å²) in [4.78, 5) is 4.04. The number of aromatic nitrogens is 3. The van der Waals surface area contributed by atoms with Crippen molar-refractivity contribution in [2.45, 2.75) is 6.10 Å². The van der Waals surface area contributed by atoms with Crippen LogP contribution in [0.1, 0.15) is 11.8 Å². The number of hydrogen-bond acceptors (Lipinski definition) is 4. The summed E-state index contributed by atoms with van der Waals surface area (Å²) in [7, 11) is 0. The van der Waals surface area contributed by atoms with E-state index in [-0.39, 0.29) is 6.61 Å². The molecule has 1 unspecified atom stereocenters. The van der Waals surface area contributed by atoms with E-state index in [0.717, 1.165) is 4.47 Å². The van der Waals surface area contributed by atoms with E-state index in [2.05, 4.69) is 31.1 Å². The van der Waals surface area contributed by atoms with Gasteiger partial charge in [0.2, 0.25) is 0 Å². The third-order valence-electron chi connectivity index (χ3n) is 1.91. The molecule has 0 fully saturated rings. The lowest BCUT2D eigenvalue weighted by molar-refractivity contribution is 0.0932. The monoisotopic (exact) mass is 257 g/mol. The first-order valence-electron chi connectivity index (χ1n) is 4.01. The van der Waals surface area contributed by atoms with Gasteiger partial charge < -0.3 is 10.2 Å². The topological polar surface area (TPSA) is 82.0 Å². The number of aliphatic hydroxyl groups excluding tert-OH is 2. The van der Waals surface area contributed by atoms with Crippen molar-refractivity contribution in [2.75, 3.05) is 6.61 Å². The van der Waals surface area contributed by atoms with Crippen molar-refractivity contribution in [1.29, 1.82) is 0 Å². The molecule has 0 aliphatic heterocycles. The van der Waals surface area contributed by atoms with Crippen LogP contribution in [0, 0.1) is 0 Å². The minimum Gasteiger partial charge on any atom is -0.393 e. The summed E-state index contributed by atoms with van der Waals surface area (Å²) < 4.78 is 0.804. The van der Waals surface area contributed by atoms with E-state index in [9.17, 15) is 5.11 Å². The Kier molecular flexibility index (Phi) is 2.49. The molecule has 0 aromatic carbocycles. The van der Waals surface area contributed by atoms with Gasteiger partial charge in [0.1, 0.15) is 6.10 Å². The number of hydrogen-bond donors (Lipinski definition) is 3. The highest BCUT2D eigenvalue weighted by Crippen LogP contribution is 2.22. The van der Waals surface area contributed by atoms with Crippen molar-refractivity contribution < 1.29 is 10.2 Å². The maximum absolute atomic E-state index is 9.44. The maximum atomic E-state index is 9.44. The molecule has 0 aliphatic rings. The minimum atomic E-state index is -0.948. The fraction of sp³-hybridized carbons (Fsp3) is 0.250. The van der Waals surface area contributed by atoms with E-state index in [1.165, 1.54) is 0 Å². The third-order valence-corrected chi connectivity index (χ3v) is 2.35. The van der Waals surface area contributed by atoms with Crippen LogP contribution < -0.4 is 0 Å². The van der Waals surface area contributed by atoms with E-state index < -0.39 is 6.10 Å². The maximum Gasteiger partial charge on any atom is 0.181 e. The molecule has 0 saturated carbocycles. The Balaban J connectivity index is 2.61. The van der Waals surface area contributed by atoms with Gasteiger partial charge in [-0.3, -0.25) is 5.10 Å². The molecular weight excluding hydrogens is 250 g/mol. The van der Waals surface area contributed by atoms with Crippen LogP contribution >= 0.6 is 15.9 Å². The van der Waals surface area contributed by atoms with Gasteiger partial charge in [0.15, 0.2) is 5.65 Å². The molecule has 0 spiro atoms. The first kappa shape index (κ1) is 9.57. The van der Waals surface area contributed by atoms with Gasteiger partial charge in [-0.15, -0.1) is 0 Å². The highest BCUT2D eigenvalue weighted by molar-refractivity contribution is 9.10. The van der Waals surface area contributed by atoms with Crippen LogP contribution in [0.2, 0.25) is 0 Å². The van der Waals surface area contributed by atoms with Crippen molar-refractivity contribution in [3.05, 3.63) is 22.4 Å². The van der Waals surface area contributed by atoms with E-state index in [1.54, 1.807) is 12.3 Å². The van der Waals surface area contributed by atoms with Crippen LogP contribution in [0.25, 0.3) is 11.0 Å². The summed E-state index contributed by atoms with van der Waals surface area (Å²) in [6.45, 7) is -0.343. The van der Waals surface area contributed by atoms with Crippen molar-refractivity contribution >= 4 is 27.0 Å². The van der Waals surface area contributed by atoms with E-state index in [4.69, 9.17) is 5.11 Å². The van der Waals surface area contributed by atoms with Crippen LogP contribution in [0.3, 0.4) is 0 Å². The molecule has 0 bridgehead atoms. The Morgan fingerprint density at radius 2 is 2.36 bits per heavy atom. The fourth-order valence-electron chi connectivity index (χ4n) is 1.24. The van der Waals surface area contributed by atoms with Crippen LogP contribution in [0.5, 0.6) is 0 Å². The lowest BCUT2D eigenvalue weighted by atomic mass is 10.2. The molecule has 0 aliphatic carbocycles.